The Bertz CT molecular complexity index is 701. The first kappa shape index (κ1) is 14.6. The fourth-order valence-electron chi connectivity index (χ4n) is 3.07. The highest BCUT2D eigenvalue weighted by molar-refractivity contribution is 7.68. The van der Waals surface area contributed by atoms with Gasteiger partial charge >= 0.3 is 0 Å². The lowest BCUT2D eigenvalue weighted by Crippen LogP contribution is -2.34. The molecule has 1 atom stereocenters. The van der Waals surface area contributed by atoms with Gasteiger partial charge in [0.05, 0.1) is 11.0 Å². The average Bonchev–Trinajstić information content (AvgIpc) is 2.88. The molecule has 0 radical (unpaired) electrons. The molecule has 1 unspecified atom stereocenters. The van der Waals surface area contributed by atoms with Crippen molar-refractivity contribution >= 4 is 23.9 Å². The summed E-state index contributed by atoms with van der Waals surface area (Å²) in [6.07, 6.45) is 5.33. The van der Waals surface area contributed by atoms with Gasteiger partial charge in [-0.15, -0.1) is 6.58 Å². The van der Waals surface area contributed by atoms with Crippen LogP contribution >= 0.6 is 7.29 Å². The van der Waals surface area contributed by atoms with Crippen molar-refractivity contribution in [3.8, 4) is 0 Å². The number of benzene rings is 1. The molecule has 2 aromatic rings. The smallest absolute Gasteiger partial charge is 0.209 e. The summed E-state index contributed by atoms with van der Waals surface area (Å²) in [6, 6.07) is 7.98. The van der Waals surface area contributed by atoms with Crippen LogP contribution in [0.4, 0.5) is 0 Å². The summed E-state index contributed by atoms with van der Waals surface area (Å²) < 4.78 is 17.6. The van der Waals surface area contributed by atoms with E-state index in [1.807, 2.05) is 37.0 Å². The maximum atomic E-state index is 13.4. The van der Waals surface area contributed by atoms with E-state index in [0.29, 0.717) is 12.1 Å². The zero-order chi connectivity index (χ0) is 14.9. The van der Waals surface area contributed by atoms with Gasteiger partial charge in [0.25, 0.3) is 0 Å². The van der Waals surface area contributed by atoms with Crippen molar-refractivity contribution in [3.63, 3.8) is 0 Å². The zero-order valence-corrected chi connectivity index (χ0v) is 13.4. The van der Waals surface area contributed by atoms with Crippen molar-refractivity contribution in [1.82, 2.24) is 14.2 Å². The van der Waals surface area contributed by atoms with Crippen LogP contribution in [0.2, 0.25) is 0 Å². The van der Waals surface area contributed by atoms with Gasteiger partial charge in [-0.2, -0.15) is 0 Å². The van der Waals surface area contributed by atoms with Crippen molar-refractivity contribution in [3.05, 3.63) is 36.9 Å². The number of aromatic nitrogens is 2. The van der Waals surface area contributed by atoms with E-state index in [2.05, 4.69) is 20.8 Å². The quantitative estimate of drug-likeness (QED) is 0.643. The lowest BCUT2D eigenvalue weighted by Gasteiger charge is -2.31. The second kappa shape index (κ2) is 5.78. The highest BCUT2D eigenvalue weighted by Gasteiger charge is 2.33. The lowest BCUT2D eigenvalue weighted by atomic mass is 10.2. The number of nitrogens with zero attached hydrogens (tertiary/aromatic N) is 3. The van der Waals surface area contributed by atoms with Gasteiger partial charge in [-0.05, 0) is 25.0 Å². The van der Waals surface area contributed by atoms with Gasteiger partial charge in [0.2, 0.25) is 7.29 Å². The molecule has 1 aromatic heterocycles. The van der Waals surface area contributed by atoms with E-state index in [0.717, 1.165) is 37.0 Å². The van der Waals surface area contributed by atoms with Crippen LogP contribution in [0.1, 0.15) is 19.3 Å². The fourth-order valence-corrected chi connectivity index (χ4v) is 5.30. The van der Waals surface area contributed by atoms with Crippen LogP contribution in [0.5, 0.6) is 0 Å². The van der Waals surface area contributed by atoms with Gasteiger partial charge in [0.15, 0.2) is 5.57 Å². The van der Waals surface area contributed by atoms with Crippen LogP contribution in [0.25, 0.3) is 11.0 Å². The van der Waals surface area contributed by atoms with Gasteiger partial charge in [-0.3, -0.25) is 4.57 Å². The van der Waals surface area contributed by atoms with Crippen LogP contribution in [-0.2, 0) is 11.1 Å². The largest absolute Gasteiger partial charge is 0.317 e. The van der Waals surface area contributed by atoms with E-state index in [9.17, 15) is 4.57 Å². The maximum absolute atomic E-state index is 13.4. The molecule has 0 saturated carbocycles. The second-order valence-electron chi connectivity index (χ2n) is 5.69. The summed E-state index contributed by atoms with van der Waals surface area (Å²) in [5.74, 6) is 0. The molecular formula is C16H22N3OP. The standard InChI is InChI=1S/C16H22N3OP/c1-3-11-19-15-10-6-5-9-14(15)17-16(19)21(2,20)18-12-7-4-8-13-18/h3,5-6,9-10H,1,4,7-8,11-13H2,2H3. The third-order valence-electron chi connectivity index (χ3n) is 4.19. The predicted molar refractivity (Wildman–Crippen MR) is 88.5 cm³/mol. The Morgan fingerprint density at radius 2 is 2.00 bits per heavy atom. The van der Waals surface area contributed by atoms with E-state index >= 15 is 0 Å². The minimum atomic E-state index is -2.62. The van der Waals surface area contributed by atoms with Crippen molar-refractivity contribution in [2.45, 2.75) is 25.8 Å². The van der Waals surface area contributed by atoms with Gasteiger partial charge in [0, 0.05) is 26.3 Å². The van der Waals surface area contributed by atoms with E-state index in [1.54, 1.807) is 0 Å². The first-order chi connectivity index (χ1) is 10.1. The normalized spacial score (nSPS) is 19.5. The van der Waals surface area contributed by atoms with E-state index < -0.39 is 7.29 Å². The zero-order valence-electron chi connectivity index (χ0n) is 12.5. The Morgan fingerprint density at radius 3 is 2.71 bits per heavy atom. The fraction of sp³-hybridized carbons (Fsp3) is 0.438. The highest BCUT2D eigenvalue weighted by atomic mass is 31.2. The molecule has 5 heteroatoms. The Balaban J connectivity index is 2.11. The first-order valence-electron chi connectivity index (χ1n) is 7.54. The molecule has 3 rings (SSSR count). The van der Waals surface area contributed by atoms with Gasteiger partial charge in [-0.25, -0.2) is 9.65 Å². The molecule has 21 heavy (non-hydrogen) atoms. The van der Waals surface area contributed by atoms with E-state index in [4.69, 9.17) is 0 Å². The molecule has 0 bridgehead atoms. The molecule has 1 aliphatic rings. The number of piperidine rings is 1. The molecular weight excluding hydrogens is 281 g/mol. The van der Waals surface area contributed by atoms with E-state index in [-0.39, 0.29) is 0 Å². The number of hydrogen-bond acceptors (Lipinski definition) is 2. The number of hydrogen-bond donors (Lipinski definition) is 0. The number of para-hydroxylation sites is 2. The topological polar surface area (TPSA) is 38.1 Å². The molecule has 0 amide bonds. The Morgan fingerprint density at radius 1 is 1.29 bits per heavy atom. The number of imidazole rings is 1. The van der Waals surface area contributed by atoms with Crippen molar-refractivity contribution in [2.75, 3.05) is 19.8 Å². The lowest BCUT2D eigenvalue weighted by molar-refractivity contribution is 0.350. The third kappa shape index (κ3) is 2.58. The number of rotatable bonds is 4. The average molecular weight is 303 g/mol. The predicted octanol–water partition coefficient (Wildman–Crippen LogP) is 3.24. The number of fused-ring (bicyclic) bond motifs is 1. The molecule has 1 aliphatic heterocycles. The summed E-state index contributed by atoms with van der Waals surface area (Å²) >= 11 is 0. The molecule has 0 aliphatic carbocycles. The Labute approximate surface area is 125 Å². The molecule has 112 valence electrons. The van der Waals surface area contributed by atoms with Crippen LogP contribution in [0, 0.1) is 0 Å². The maximum Gasteiger partial charge on any atom is 0.209 e. The second-order valence-corrected chi connectivity index (χ2v) is 8.42. The van der Waals surface area contributed by atoms with Gasteiger partial charge in [0.1, 0.15) is 0 Å². The minimum absolute atomic E-state index is 0.640. The van der Waals surface area contributed by atoms with Crippen LogP contribution in [-0.4, -0.2) is 34.0 Å². The summed E-state index contributed by atoms with van der Waals surface area (Å²) in [5, 5.41) is 0. The number of allylic oxidation sites excluding steroid dienone is 1. The van der Waals surface area contributed by atoms with Crippen LogP contribution in [0.15, 0.2) is 36.9 Å². The molecule has 0 spiro atoms. The van der Waals surface area contributed by atoms with Crippen molar-refractivity contribution in [2.24, 2.45) is 0 Å². The van der Waals surface area contributed by atoms with Gasteiger partial charge in [-0.1, -0.05) is 24.6 Å². The summed E-state index contributed by atoms with van der Waals surface area (Å²) in [4.78, 5) is 4.69. The molecule has 4 nitrogen and oxygen atoms in total. The molecule has 0 N–H and O–H groups in total. The van der Waals surface area contributed by atoms with Crippen molar-refractivity contribution < 1.29 is 4.57 Å². The summed E-state index contributed by atoms with van der Waals surface area (Å²) in [5.41, 5.74) is 2.66. The Hall–Kier alpha value is -1.38. The summed E-state index contributed by atoms with van der Waals surface area (Å²) in [7, 11) is -2.62. The summed E-state index contributed by atoms with van der Waals surface area (Å²) in [6.45, 7) is 8.14. The van der Waals surface area contributed by atoms with E-state index in [1.165, 1.54) is 6.42 Å². The van der Waals surface area contributed by atoms with Crippen molar-refractivity contribution in [1.29, 1.82) is 0 Å². The first-order valence-corrected chi connectivity index (χ1v) is 9.65. The van der Waals surface area contributed by atoms with Crippen LogP contribution in [0.3, 0.4) is 0 Å². The minimum Gasteiger partial charge on any atom is -0.317 e. The SMILES string of the molecule is C=CCn1c(P(C)(=O)N2CCCCC2)nc2ccccc21. The monoisotopic (exact) mass is 303 g/mol. The van der Waals surface area contributed by atoms with Gasteiger partial charge < -0.3 is 4.57 Å². The molecule has 1 fully saturated rings. The third-order valence-corrected chi connectivity index (χ3v) is 6.75. The van der Waals surface area contributed by atoms with Crippen LogP contribution < -0.4 is 5.57 Å². The Kier molecular flexibility index (Phi) is 4.01. The molecule has 1 saturated heterocycles. The molecule has 1 aromatic carbocycles. The molecule has 2 heterocycles. The highest BCUT2D eigenvalue weighted by Crippen LogP contribution is 2.46.